The van der Waals surface area contributed by atoms with Gasteiger partial charge in [0.1, 0.15) is 24.2 Å². The SMILES string of the molecule is CSCCC(NC(=O)C(N)CO)C(=O)NC(CCC(=O)O)C(=O)NC(CC(C)C)C(=O)O. The maximum absolute atomic E-state index is 12.8. The third-order valence-electron chi connectivity index (χ3n) is 4.38. The molecule has 8 N–H and O–H groups in total. The fourth-order valence-corrected chi connectivity index (χ4v) is 3.11. The van der Waals surface area contributed by atoms with E-state index >= 15 is 0 Å². The summed E-state index contributed by atoms with van der Waals surface area (Å²) in [6.07, 6.45) is 1.40. The Hall–Kier alpha value is -2.38. The van der Waals surface area contributed by atoms with Gasteiger partial charge in [-0.2, -0.15) is 11.8 Å². The Morgan fingerprint density at radius 3 is 1.81 bits per heavy atom. The van der Waals surface area contributed by atoms with E-state index in [0.717, 1.165) is 0 Å². The van der Waals surface area contributed by atoms with Crippen LogP contribution in [-0.2, 0) is 24.0 Å². The molecule has 0 aliphatic heterocycles. The number of aliphatic carboxylic acids is 2. The van der Waals surface area contributed by atoms with Gasteiger partial charge in [-0.05, 0) is 37.2 Å². The minimum absolute atomic E-state index is 0.0367. The molecule has 0 heterocycles. The van der Waals surface area contributed by atoms with Crippen molar-refractivity contribution in [1.29, 1.82) is 0 Å². The molecule has 12 nitrogen and oxygen atoms in total. The van der Waals surface area contributed by atoms with Crippen molar-refractivity contribution in [2.45, 2.75) is 63.7 Å². The zero-order valence-electron chi connectivity index (χ0n) is 18.5. The van der Waals surface area contributed by atoms with Crippen LogP contribution >= 0.6 is 11.8 Å². The second kappa shape index (κ2) is 15.4. The Kier molecular flexibility index (Phi) is 14.3. The van der Waals surface area contributed by atoms with Gasteiger partial charge in [0.2, 0.25) is 17.7 Å². The molecule has 4 atom stereocenters. The molecule has 0 aliphatic carbocycles. The number of rotatable bonds is 16. The number of nitrogens with one attached hydrogen (secondary N) is 3. The van der Waals surface area contributed by atoms with Gasteiger partial charge in [0.15, 0.2) is 0 Å². The van der Waals surface area contributed by atoms with Crippen LogP contribution in [-0.4, -0.2) is 87.8 Å². The van der Waals surface area contributed by atoms with Gasteiger partial charge in [-0.25, -0.2) is 4.79 Å². The molecule has 0 radical (unpaired) electrons. The van der Waals surface area contributed by atoms with Crippen LogP contribution in [0, 0.1) is 5.92 Å². The zero-order chi connectivity index (χ0) is 24.8. The normalized spacial score (nSPS) is 14.7. The largest absolute Gasteiger partial charge is 0.481 e. The summed E-state index contributed by atoms with van der Waals surface area (Å²) in [5.74, 6) is -4.36. The Labute approximate surface area is 191 Å². The minimum Gasteiger partial charge on any atom is -0.481 e. The van der Waals surface area contributed by atoms with Crippen LogP contribution in [0.3, 0.4) is 0 Å². The van der Waals surface area contributed by atoms with E-state index in [1.54, 1.807) is 20.1 Å². The summed E-state index contributed by atoms with van der Waals surface area (Å²) in [5.41, 5.74) is 5.46. The molecule has 0 aromatic carbocycles. The van der Waals surface area contributed by atoms with Gasteiger partial charge in [0.25, 0.3) is 0 Å². The molecular formula is C19H34N4O8S. The highest BCUT2D eigenvalue weighted by atomic mass is 32.2. The Balaban J connectivity index is 5.48. The number of amides is 3. The third kappa shape index (κ3) is 11.9. The Bertz CT molecular complexity index is 661. The fraction of sp³-hybridized carbons (Fsp3) is 0.737. The number of hydrogen-bond acceptors (Lipinski definition) is 8. The molecule has 184 valence electrons. The average molecular weight is 479 g/mol. The maximum atomic E-state index is 12.8. The lowest BCUT2D eigenvalue weighted by atomic mass is 10.0. The van der Waals surface area contributed by atoms with Gasteiger partial charge >= 0.3 is 11.9 Å². The van der Waals surface area contributed by atoms with E-state index in [1.807, 2.05) is 0 Å². The highest BCUT2D eigenvalue weighted by molar-refractivity contribution is 7.98. The van der Waals surface area contributed by atoms with Gasteiger partial charge < -0.3 is 37.0 Å². The van der Waals surface area contributed by atoms with Crippen molar-refractivity contribution in [3.8, 4) is 0 Å². The summed E-state index contributed by atoms with van der Waals surface area (Å²) in [7, 11) is 0. The molecule has 0 spiro atoms. The van der Waals surface area contributed by atoms with Crippen LogP contribution in [0.4, 0.5) is 0 Å². The van der Waals surface area contributed by atoms with Crippen LogP contribution in [0.25, 0.3) is 0 Å². The molecule has 32 heavy (non-hydrogen) atoms. The second-order valence-electron chi connectivity index (χ2n) is 7.65. The van der Waals surface area contributed by atoms with Crippen molar-refractivity contribution in [1.82, 2.24) is 16.0 Å². The molecule has 0 aliphatic rings. The van der Waals surface area contributed by atoms with Crippen molar-refractivity contribution in [3.05, 3.63) is 0 Å². The smallest absolute Gasteiger partial charge is 0.326 e. The number of carboxylic acid groups (broad SMARTS) is 2. The number of aliphatic hydroxyl groups excluding tert-OH is 1. The number of aliphatic hydroxyl groups is 1. The third-order valence-corrected chi connectivity index (χ3v) is 5.02. The minimum atomic E-state index is -1.33. The number of thioether (sulfide) groups is 1. The van der Waals surface area contributed by atoms with Gasteiger partial charge in [-0.15, -0.1) is 0 Å². The van der Waals surface area contributed by atoms with E-state index in [-0.39, 0.29) is 25.2 Å². The Morgan fingerprint density at radius 2 is 1.38 bits per heavy atom. The van der Waals surface area contributed by atoms with E-state index in [0.29, 0.717) is 5.75 Å². The van der Waals surface area contributed by atoms with Crippen molar-refractivity contribution in [3.63, 3.8) is 0 Å². The van der Waals surface area contributed by atoms with Crippen molar-refractivity contribution in [2.24, 2.45) is 11.7 Å². The van der Waals surface area contributed by atoms with Gasteiger partial charge in [0, 0.05) is 6.42 Å². The molecule has 0 saturated carbocycles. The van der Waals surface area contributed by atoms with Crippen LogP contribution < -0.4 is 21.7 Å². The molecule has 0 bridgehead atoms. The molecule has 4 unspecified atom stereocenters. The number of carbonyl (C=O) groups excluding carboxylic acids is 3. The molecular weight excluding hydrogens is 444 g/mol. The number of carbonyl (C=O) groups is 5. The molecule has 0 saturated heterocycles. The molecule has 0 aromatic heterocycles. The van der Waals surface area contributed by atoms with Crippen LogP contribution in [0.1, 0.15) is 39.5 Å². The van der Waals surface area contributed by atoms with Crippen molar-refractivity contribution < 1.29 is 39.3 Å². The van der Waals surface area contributed by atoms with E-state index < -0.39 is 66.9 Å². The summed E-state index contributed by atoms with van der Waals surface area (Å²) in [5, 5.41) is 34.5. The zero-order valence-corrected chi connectivity index (χ0v) is 19.3. The van der Waals surface area contributed by atoms with Crippen molar-refractivity contribution >= 4 is 41.4 Å². The second-order valence-corrected chi connectivity index (χ2v) is 8.64. The first kappa shape index (κ1) is 29.6. The molecule has 0 fully saturated rings. The lowest BCUT2D eigenvalue weighted by molar-refractivity contribution is -0.143. The highest BCUT2D eigenvalue weighted by Crippen LogP contribution is 2.08. The molecule has 0 rings (SSSR count). The van der Waals surface area contributed by atoms with E-state index in [2.05, 4.69) is 16.0 Å². The summed E-state index contributed by atoms with van der Waals surface area (Å²) in [6.45, 7) is 2.93. The number of hydrogen-bond donors (Lipinski definition) is 7. The topological polar surface area (TPSA) is 208 Å². The summed E-state index contributed by atoms with van der Waals surface area (Å²) < 4.78 is 0. The molecule has 13 heteroatoms. The lowest BCUT2D eigenvalue weighted by Gasteiger charge is -2.25. The summed E-state index contributed by atoms with van der Waals surface area (Å²) in [6, 6.07) is -4.86. The van der Waals surface area contributed by atoms with Crippen LogP contribution in [0.15, 0.2) is 0 Å². The Morgan fingerprint density at radius 1 is 0.875 bits per heavy atom. The highest BCUT2D eigenvalue weighted by Gasteiger charge is 2.30. The first-order chi connectivity index (χ1) is 14.9. The van der Waals surface area contributed by atoms with Gasteiger partial charge in [-0.1, -0.05) is 13.8 Å². The van der Waals surface area contributed by atoms with Gasteiger partial charge in [-0.3, -0.25) is 19.2 Å². The van der Waals surface area contributed by atoms with Crippen LogP contribution in [0.2, 0.25) is 0 Å². The lowest BCUT2D eigenvalue weighted by Crippen LogP contribution is -2.57. The molecule has 0 aromatic rings. The molecule has 3 amide bonds. The van der Waals surface area contributed by atoms with Gasteiger partial charge in [0.05, 0.1) is 6.61 Å². The maximum Gasteiger partial charge on any atom is 0.326 e. The number of nitrogens with two attached hydrogens (primary N) is 1. The average Bonchev–Trinajstić information content (AvgIpc) is 2.71. The fourth-order valence-electron chi connectivity index (χ4n) is 2.64. The van der Waals surface area contributed by atoms with E-state index in [4.69, 9.17) is 15.9 Å². The summed E-state index contributed by atoms with van der Waals surface area (Å²) >= 11 is 1.41. The van der Waals surface area contributed by atoms with Crippen LogP contribution in [0.5, 0.6) is 0 Å². The van der Waals surface area contributed by atoms with Crippen molar-refractivity contribution in [2.75, 3.05) is 18.6 Å². The summed E-state index contributed by atoms with van der Waals surface area (Å²) in [4.78, 5) is 59.9. The standard InChI is InChI=1S/C19H34N4O8S/c1-10(2)8-14(19(30)31)23-17(28)12(4-5-15(25)26)22-18(29)13(6-7-32-3)21-16(27)11(20)9-24/h10-14,24H,4-9,20H2,1-3H3,(H,21,27)(H,22,29)(H,23,28)(H,25,26)(H,30,31). The first-order valence-corrected chi connectivity index (χ1v) is 11.5. The number of carboxylic acids is 2. The predicted molar refractivity (Wildman–Crippen MR) is 118 cm³/mol. The first-order valence-electron chi connectivity index (χ1n) is 10.1. The van der Waals surface area contributed by atoms with E-state index in [9.17, 15) is 29.1 Å². The quantitative estimate of drug-likeness (QED) is 0.137. The van der Waals surface area contributed by atoms with E-state index in [1.165, 1.54) is 11.8 Å². The predicted octanol–water partition coefficient (Wildman–Crippen LogP) is -1.49. The monoisotopic (exact) mass is 478 g/mol.